The first-order valence-corrected chi connectivity index (χ1v) is 4.97. The van der Waals surface area contributed by atoms with Crippen LogP contribution in [0.3, 0.4) is 0 Å². The first kappa shape index (κ1) is 9.34. The van der Waals surface area contributed by atoms with Gasteiger partial charge in [-0.25, -0.2) is 4.79 Å². The van der Waals surface area contributed by atoms with E-state index < -0.39 is 0 Å². The Morgan fingerprint density at radius 1 is 1.36 bits per heavy atom. The van der Waals surface area contributed by atoms with Gasteiger partial charge in [-0.1, -0.05) is 12.1 Å². The van der Waals surface area contributed by atoms with Gasteiger partial charge in [0, 0.05) is 5.75 Å². The molecule has 1 aromatic carbocycles. The molecule has 2 rings (SSSR count). The molecule has 0 unspecified atom stereocenters. The zero-order valence-electron chi connectivity index (χ0n) is 7.78. The van der Waals surface area contributed by atoms with Crippen LogP contribution < -0.4 is 5.63 Å². The summed E-state index contributed by atoms with van der Waals surface area (Å²) in [4.78, 5) is 11.4. The van der Waals surface area contributed by atoms with Crippen molar-refractivity contribution < 1.29 is 4.42 Å². The molecule has 0 amide bonds. The van der Waals surface area contributed by atoms with Crippen molar-refractivity contribution >= 4 is 23.4 Å². The van der Waals surface area contributed by atoms with Gasteiger partial charge in [0.1, 0.15) is 0 Å². The third-order valence-corrected chi connectivity index (χ3v) is 2.62. The van der Waals surface area contributed by atoms with Crippen LogP contribution in [0.2, 0.25) is 0 Å². The van der Waals surface area contributed by atoms with E-state index in [2.05, 4.69) is 12.6 Å². The molecule has 0 spiro atoms. The van der Waals surface area contributed by atoms with Gasteiger partial charge in [0.05, 0.1) is 11.6 Å². The number of benzene rings is 1. The van der Waals surface area contributed by atoms with Gasteiger partial charge in [0.2, 0.25) is 0 Å². The molecule has 14 heavy (non-hydrogen) atoms. The van der Waals surface area contributed by atoms with E-state index in [-0.39, 0.29) is 5.63 Å². The molecule has 0 bridgehead atoms. The van der Waals surface area contributed by atoms with Gasteiger partial charge in [0.25, 0.3) is 0 Å². The highest BCUT2D eigenvalue weighted by Crippen LogP contribution is 2.17. The van der Waals surface area contributed by atoms with E-state index >= 15 is 0 Å². The molecule has 0 saturated heterocycles. The molecule has 0 aliphatic carbocycles. The Kier molecular flexibility index (Phi) is 2.33. The molecule has 0 radical (unpaired) electrons. The Morgan fingerprint density at radius 2 is 2.14 bits per heavy atom. The summed E-state index contributed by atoms with van der Waals surface area (Å²) in [6, 6.07) is 5.75. The fourth-order valence-electron chi connectivity index (χ4n) is 1.47. The van der Waals surface area contributed by atoms with Crippen LogP contribution in [0.5, 0.6) is 0 Å². The first-order valence-electron chi connectivity index (χ1n) is 4.34. The van der Waals surface area contributed by atoms with Crippen molar-refractivity contribution in [2.24, 2.45) is 0 Å². The molecule has 0 N–H and O–H groups in total. The molecule has 3 heteroatoms. The maximum Gasteiger partial charge on any atom is 0.343 e. The second kappa shape index (κ2) is 3.50. The van der Waals surface area contributed by atoms with E-state index in [0.717, 1.165) is 16.5 Å². The molecule has 2 aromatic rings. The van der Waals surface area contributed by atoms with E-state index in [1.165, 1.54) is 6.26 Å². The van der Waals surface area contributed by atoms with Crippen molar-refractivity contribution in [1.29, 1.82) is 0 Å². The summed E-state index contributed by atoms with van der Waals surface area (Å²) < 4.78 is 4.89. The molecule has 72 valence electrons. The van der Waals surface area contributed by atoms with Gasteiger partial charge in [-0.15, -0.1) is 0 Å². The van der Waals surface area contributed by atoms with Crippen LogP contribution in [0.4, 0.5) is 0 Å². The lowest BCUT2D eigenvalue weighted by molar-refractivity contribution is 0.516. The maximum absolute atomic E-state index is 11.4. The number of hydrogen-bond acceptors (Lipinski definition) is 3. The lowest BCUT2D eigenvalue weighted by Crippen LogP contribution is -2.00. The SMILES string of the molecule is Cc1coc(=O)c2cc(CS)ccc12. The zero-order valence-corrected chi connectivity index (χ0v) is 8.67. The van der Waals surface area contributed by atoms with Crippen LogP contribution in [-0.4, -0.2) is 0 Å². The van der Waals surface area contributed by atoms with Gasteiger partial charge in [-0.05, 0) is 29.5 Å². The van der Waals surface area contributed by atoms with E-state index in [9.17, 15) is 4.79 Å². The highest BCUT2D eigenvalue weighted by Gasteiger charge is 2.03. The molecule has 0 fully saturated rings. The fourth-order valence-corrected chi connectivity index (χ4v) is 1.67. The Bertz CT molecular complexity index is 528. The minimum Gasteiger partial charge on any atom is -0.431 e. The van der Waals surface area contributed by atoms with E-state index in [1.807, 2.05) is 25.1 Å². The Morgan fingerprint density at radius 3 is 2.86 bits per heavy atom. The minimum absolute atomic E-state index is 0.283. The van der Waals surface area contributed by atoms with Crippen molar-refractivity contribution in [2.75, 3.05) is 0 Å². The fraction of sp³-hybridized carbons (Fsp3) is 0.182. The van der Waals surface area contributed by atoms with Crippen molar-refractivity contribution in [3.05, 3.63) is 46.0 Å². The van der Waals surface area contributed by atoms with Crippen LogP contribution >= 0.6 is 12.6 Å². The third kappa shape index (κ3) is 1.44. The lowest BCUT2D eigenvalue weighted by Gasteiger charge is -2.01. The Balaban J connectivity index is 2.87. The highest BCUT2D eigenvalue weighted by molar-refractivity contribution is 7.79. The predicted octanol–water partition coefficient (Wildman–Crippen LogP) is 2.53. The van der Waals surface area contributed by atoms with Crippen molar-refractivity contribution in [3.63, 3.8) is 0 Å². The predicted molar refractivity (Wildman–Crippen MR) is 59.9 cm³/mol. The summed E-state index contributed by atoms with van der Waals surface area (Å²) in [5.74, 6) is 0.628. The average Bonchev–Trinajstić information content (AvgIpc) is 2.23. The molecule has 0 aliphatic rings. The van der Waals surface area contributed by atoms with Gasteiger partial charge < -0.3 is 4.42 Å². The van der Waals surface area contributed by atoms with E-state index in [4.69, 9.17) is 4.42 Å². The molecular weight excluding hydrogens is 196 g/mol. The molecule has 0 atom stereocenters. The van der Waals surface area contributed by atoms with Gasteiger partial charge in [-0.2, -0.15) is 12.6 Å². The number of aryl methyl sites for hydroxylation is 1. The number of thiol groups is 1. The van der Waals surface area contributed by atoms with Crippen LogP contribution in [0, 0.1) is 6.92 Å². The molecular formula is C11H10O2S. The van der Waals surface area contributed by atoms with Crippen LogP contribution in [0.15, 0.2) is 33.7 Å². The van der Waals surface area contributed by atoms with E-state index in [0.29, 0.717) is 11.1 Å². The monoisotopic (exact) mass is 206 g/mol. The summed E-state index contributed by atoms with van der Waals surface area (Å²) in [5.41, 5.74) is 1.72. The molecule has 1 heterocycles. The summed E-state index contributed by atoms with van der Waals surface area (Å²) in [5, 5.41) is 1.59. The molecule has 2 nitrogen and oxygen atoms in total. The Hall–Kier alpha value is -1.22. The third-order valence-electron chi connectivity index (χ3n) is 2.25. The van der Waals surface area contributed by atoms with E-state index in [1.54, 1.807) is 0 Å². The average molecular weight is 206 g/mol. The summed E-state index contributed by atoms with van der Waals surface area (Å²) in [6.45, 7) is 1.92. The van der Waals surface area contributed by atoms with Gasteiger partial charge in [0.15, 0.2) is 0 Å². The zero-order chi connectivity index (χ0) is 10.1. The van der Waals surface area contributed by atoms with Crippen molar-refractivity contribution in [3.8, 4) is 0 Å². The summed E-state index contributed by atoms with van der Waals surface area (Å²) >= 11 is 4.16. The molecule has 0 aliphatic heterocycles. The van der Waals surface area contributed by atoms with Crippen LogP contribution in [0.1, 0.15) is 11.1 Å². The maximum atomic E-state index is 11.4. The second-order valence-corrected chi connectivity index (χ2v) is 3.56. The lowest BCUT2D eigenvalue weighted by atomic mass is 10.1. The number of hydrogen-bond donors (Lipinski definition) is 1. The highest BCUT2D eigenvalue weighted by atomic mass is 32.1. The smallest absolute Gasteiger partial charge is 0.343 e. The quantitative estimate of drug-likeness (QED) is 0.727. The second-order valence-electron chi connectivity index (χ2n) is 3.24. The van der Waals surface area contributed by atoms with Gasteiger partial charge in [-0.3, -0.25) is 0 Å². The standard InChI is InChI=1S/C11H10O2S/c1-7-5-13-11(12)10-4-8(6-14)2-3-9(7)10/h2-5,14H,6H2,1H3. The minimum atomic E-state index is -0.283. The topological polar surface area (TPSA) is 30.2 Å². The summed E-state index contributed by atoms with van der Waals surface area (Å²) in [7, 11) is 0. The Labute approximate surface area is 87.0 Å². The largest absolute Gasteiger partial charge is 0.431 e. The van der Waals surface area contributed by atoms with Crippen molar-refractivity contribution in [1.82, 2.24) is 0 Å². The van der Waals surface area contributed by atoms with Crippen LogP contribution in [-0.2, 0) is 5.75 Å². The van der Waals surface area contributed by atoms with Crippen LogP contribution in [0.25, 0.3) is 10.8 Å². The first-order chi connectivity index (χ1) is 6.72. The van der Waals surface area contributed by atoms with Crippen molar-refractivity contribution in [2.45, 2.75) is 12.7 Å². The molecule has 0 saturated carbocycles. The normalized spacial score (nSPS) is 10.7. The number of rotatable bonds is 1. The summed E-state index contributed by atoms with van der Waals surface area (Å²) in [6.07, 6.45) is 1.49. The number of fused-ring (bicyclic) bond motifs is 1. The van der Waals surface area contributed by atoms with Gasteiger partial charge >= 0.3 is 5.63 Å². The molecule has 1 aromatic heterocycles.